The van der Waals surface area contributed by atoms with Crippen LogP contribution in [0.1, 0.15) is 26.6 Å². The number of thiazole rings is 1. The third kappa shape index (κ3) is 4.86. The van der Waals surface area contributed by atoms with Gasteiger partial charge in [0.05, 0.1) is 6.54 Å². The first-order valence-corrected chi connectivity index (χ1v) is 10.9. The average molecular weight is 425 g/mol. The summed E-state index contributed by atoms with van der Waals surface area (Å²) in [5, 5.41) is 5.46. The van der Waals surface area contributed by atoms with Crippen molar-refractivity contribution in [2.24, 2.45) is 0 Å². The van der Waals surface area contributed by atoms with E-state index in [1.165, 1.54) is 52.4 Å². The number of rotatable bonds is 5. The standard InChI is InChI=1S/C23H25FN4OS/c1-16-3-8-20(13-17(16)2)28-11-9-27(10-12-28)14-22-26-21(15-30-22)23(29)25-19-6-4-18(24)5-7-19/h3-8,13,15H,9-12,14H2,1-2H3,(H,25,29). The fourth-order valence-corrected chi connectivity index (χ4v) is 4.31. The predicted molar refractivity (Wildman–Crippen MR) is 120 cm³/mol. The molecule has 1 aliphatic heterocycles. The van der Waals surface area contributed by atoms with E-state index >= 15 is 0 Å². The third-order valence-electron chi connectivity index (χ3n) is 5.47. The largest absolute Gasteiger partial charge is 0.369 e. The zero-order chi connectivity index (χ0) is 21.1. The maximum absolute atomic E-state index is 13.0. The van der Waals surface area contributed by atoms with Crippen LogP contribution in [0.15, 0.2) is 47.8 Å². The molecule has 0 bridgehead atoms. The highest BCUT2D eigenvalue weighted by atomic mass is 32.1. The van der Waals surface area contributed by atoms with Crippen molar-refractivity contribution < 1.29 is 9.18 Å². The number of hydrogen-bond acceptors (Lipinski definition) is 5. The van der Waals surface area contributed by atoms with Crippen molar-refractivity contribution in [3.8, 4) is 0 Å². The summed E-state index contributed by atoms with van der Waals surface area (Å²) >= 11 is 1.50. The van der Waals surface area contributed by atoms with Gasteiger partial charge in [0.2, 0.25) is 0 Å². The van der Waals surface area contributed by atoms with Gasteiger partial charge in [-0.25, -0.2) is 9.37 Å². The Hall–Kier alpha value is -2.77. The molecule has 30 heavy (non-hydrogen) atoms. The van der Waals surface area contributed by atoms with Crippen LogP contribution in [0.4, 0.5) is 15.8 Å². The molecule has 156 valence electrons. The summed E-state index contributed by atoms with van der Waals surface area (Å²) in [5.74, 6) is -0.606. The molecule has 1 saturated heterocycles. The van der Waals surface area contributed by atoms with Crippen LogP contribution in [0.25, 0.3) is 0 Å². The Labute approximate surface area is 180 Å². The lowest BCUT2D eigenvalue weighted by Crippen LogP contribution is -2.46. The summed E-state index contributed by atoms with van der Waals surface area (Å²) in [6.45, 7) is 8.92. The van der Waals surface area contributed by atoms with Crippen LogP contribution in [-0.4, -0.2) is 42.0 Å². The number of nitrogens with one attached hydrogen (secondary N) is 1. The van der Waals surface area contributed by atoms with Gasteiger partial charge in [-0.1, -0.05) is 6.07 Å². The highest BCUT2D eigenvalue weighted by Gasteiger charge is 2.19. The highest BCUT2D eigenvalue weighted by molar-refractivity contribution is 7.09. The van der Waals surface area contributed by atoms with Gasteiger partial charge in [0, 0.05) is 42.9 Å². The van der Waals surface area contributed by atoms with Crippen LogP contribution in [0, 0.1) is 19.7 Å². The van der Waals surface area contributed by atoms with Gasteiger partial charge in [-0.3, -0.25) is 9.69 Å². The Bertz CT molecular complexity index is 1030. The Morgan fingerprint density at radius 3 is 2.50 bits per heavy atom. The highest BCUT2D eigenvalue weighted by Crippen LogP contribution is 2.21. The third-order valence-corrected chi connectivity index (χ3v) is 6.31. The number of aromatic nitrogens is 1. The maximum Gasteiger partial charge on any atom is 0.275 e. The second kappa shape index (κ2) is 8.93. The van der Waals surface area contributed by atoms with Gasteiger partial charge in [-0.15, -0.1) is 11.3 Å². The van der Waals surface area contributed by atoms with Gasteiger partial charge in [0.25, 0.3) is 5.91 Å². The Morgan fingerprint density at radius 2 is 1.80 bits per heavy atom. The molecule has 0 spiro atoms. The van der Waals surface area contributed by atoms with Crippen molar-refractivity contribution in [1.82, 2.24) is 9.88 Å². The Balaban J connectivity index is 1.30. The first-order valence-electron chi connectivity index (χ1n) is 10.0. The summed E-state index contributed by atoms with van der Waals surface area (Å²) in [6.07, 6.45) is 0. The quantitative estimate of drug-likeness (QED) is 0.656. The number of carbonyl (C=O) groups is 1. The van der Waals surface area contributed by atoms with E-state index in [0.29, 0.717) is 11.4 Å². The summed E-state index contributed by atoms with van der Waals surface area (Å²) in [6, 6.07) is 12.4. The van der Waals surface area contributed by atoms with Gasteiger partial charge in [0.1, 0.15) is 16.5 Å². The molecule has 2 heterocycles. The number of amides is 1. The second-order valence-electron chi connectivity index (χ2n) is 7.62. The Morgan fingerprint density at radius 1 is 1.07 bits per heavy atom. The first-order chi connectivity index (χ1) is 14.5. The first kappa shape index (κ1) is 20.5. The molecule has 0 aliphatic carbocycles. The van der Waals surface area contributed by atoms with Crippen LogP contribution in [-0.2, 0) is 6.54 Å². The van der Waals surface area contributed by atoms with Crippen molar-refractivity contribution in [2.75, 3.05) is 36.4 Å². The predicted octanol–water partition coefficient (Wildman–Crippen LogP) is 4.47. The van der Waals surface area contributed by atoms with Crippen LogP contribution in [0.2, 0.25) is 0 Å². The number of piperazine rings is 1. The van der Waals surface area contributed by atoms with Crippen LogP contribution in [0.5, 0.6) is 0 Å². The van der Waals surface area contributed by atoms with E-state index in [1.807, 2.05) is 0 Å². The number of carbonyl (C=O) groups excluding carboxylic acids is 1. The van der Waals surface area contributed by atoms with Crippen LogP contribution >= 0.6 is 11.3 Å². The minimum absolute atomic E-state index is 0.274. The van der Waals surface area contributed by atoms with E-state index in [0.717, 1.165) is 37.7 Å². The summed E-state index contributed by atoms with van der Waals surface area (Å²) in [7, 11) is 0. The van der Waals surface area contributed by atoms with Gasteiger partial charge in [0.15, 0.2) is 0 Å². The minimum atomic E-state index is -0.332. The average Bonchev–Trinajstić information content (AvgIpc) is 3.21. The smallest absolute Gasteiger partial charge is 0.275 e. The fraction of sp³-hybridized carbons (Fsp3) is 0.304. The number of benzene rings is 2. The molecule has 0 saturated carbocycles. The Kier molecular flexibility index (Phi) is 6.11. The van der Waals surface area contributed by atoms with Gasteiger partial charge < -0.3 is 10.2 Å². The van der Waals surface area contributed by atoms with E-state index in [9.17, 15) is 9.18 Å². The fourth-order valence-electron chi connectivity index (χ4n) is 3.49. The van der Waals surface area contributed by atoms with Crippen molar-refractivity contribution in [1.29, 1.82) is 0 Å². The lowest BCUT2D eigenvalue weighted by atomic mass is 10.1. The summed E-state index contributed by atoms with van der Waals surface area (Å²) in [4.78, 5) is 21.7. The van der Waals surface area contributed by atoms with E-state index < -0.39 is 0 Å². The van der Waals surface area contributed by atoms with Crippen molar-refractivity contribution in [3.63, 3.8) is 0 Å². The van der Waals surface area contributed by atoms with Crippen LogP contribution < -0.4 is 10.2 Å². The molecule has 1 aromatic heterocycles. The van der Waals surface area contributed by atoms with Crippen molar-refractivity contribution in [3.05, 3.63) is 75.5 Å². The zero-order valence-corrected chi connectivity index (χ0v) is 18.0. The van der Waals surface area contributed by atoms with Gasteiger partial charge in [-0.2, -0.15) is 0 Å². The molecule has 0 unspecified atom stereocenters. The molecule has 0 radical (unpaired) electrons. The molecular weight excluding hydrogens is 399 g/mol. The molecule has 1 N–H and O–H groups in total. The normalized spacial score (nSPS) is 14.7. The summed E-state index contributed by atoms with van der Waals surface area (Å²) < 4.78 is 13.0. The van der Waals surface area contributed by atoms with Crippen molar-refractivity contribution in [2.45, 2.75) is 20.4 Å². The van der Waals surface area contributed by atoms with Crippen molar-refractivity contribution >= 4 is 28.6 Å². The number of halogens is 1. The molecular formula is C23H25FN4OS. The molecule has 1 amide bonds. The lowest BCUT2D eigenvalue weighted by molar-refractivity contribution is 0.102. The van der Waals surface area contributed by atoms with E-state index in [2.05, 4.69) is 52.1 Å². The van der Waals surface area contributed by atoms with E-state index in [1.54, 1.807) is 5.38 Å². The number of nitrogens with zero attached hydrogens (tertiary/aromatic N) is 3. The van der Waals surface area contributed by atoms with Crippen LogP contribution in [0.3, 0.4) is 0 Å². The van der Waals surface area contributed by atoms with E-state index in [4.69, 9.17) is 0 Å². The van der Waals surface area contributed by atoms with Gasteiger partial charge in [-0.05, 0) is 61.4 Å². The number of hydrogen-bond donors (Lipinski definition) is 1. The van der Waals surface area contributed by atoms with Gasteiger partial charge >= 0.3 is 0 Å². The zero-order valence-electron chi connectivity index (χ0n) is 17.2. The molecule has 0 atom stereocenters. The number of anilines is 2. The summed E-state index contributed by atoms with van der Waals surface area (Å²) in [5.41, 5.74) is 4.88. The second-order valence-corrected chi connectivity index (χ2v) is 8.56. The molecule has 5 nitrogen and oxygen atoms in total. The van der Waals surface area contributed by atoms with E-state index in [-0.39, 0.29) is 11.7 Å². The molecule has 1 aliphatic rings. The molecule has 1 fully saturated rings. The topological polar surface area (TPSA) is 48.5 Å². The molecule has 3 aromatic rings. The maximum atomic E-state index is 13.0. The molecule has 2 aromatic carbocycles. The molecule has 7 heteroatoms. The monoisotopic (exact) mass is 424 g/mol. The number of aryl methyl sites for hydroxylation is 2. The minimum Gasteiger partial charge on any atom is -0.369 e. The lowest BCUT2D eigenvalue weighted by Gasteiger charge is -2.36. The molecule has 4 rings (SSSR count). The SMILES string of the molecule is Cc1ccc(N2CCN(Cc3nc(C(=O)Nc4ccc(F)cc4)cs3)CC2)cc1C.